The minimum absolute atomic E-state index is 1.13. The molecule has 1 radical (unpaired) electrons. The summed E-state index contributed by atoms with van der Waals surface area (Å²) < 4.78 is 0. The normalized spacial score (nSPS) is 17.8. The summed E-state index contributed by atoms with van der Waals surface area (Å²) in [5.74, 6) is 0. The van der Waals surface area contributed by atoms with Gasteiger partial charge in [0, 0.05) is 0 Å². The summed E-state index contributed by atoms with van der Waals surface area (Å²) in [6.07, 6.45) is 13.3. The van der Waals surface area contributed by atoms with Crippen LogP contribution in [-0.2, 0) is 0 Å². The molecule has 1 aliphatic rings. The molecule has 1 heteroatoms. The molecule has 0 aromatic rings. The van der Waals surface area contributed by atoms with Crippen LogP contribution in [0.2, 0.25) is 0 Å². The second kappa shape index (κ2) is 6.89. The predicted molar refractivity (Wildman–Crippen MR) is 58.2 cm³/mol. The molecule has 1 aliphatic carbocycles. The van der Waals surface area contributed by atoms with Gasteiger partial charge in [0.25, 0.3) is 0 Å². The van der Waals surface area contributed by atoms with Crippen LogP contribution in [0.3, 0.4) is 0 Å². The zero-order chi connectivity index (χ0) is 8.65. The Hall–Kier alpha value is 0.430. The Labute approximate surface area is 79.3 Å². The van der Waals surface area contributed by atoms with Gasteiger partial charge in [0.1, 0.15) is 0 Å². The van der Waals surface area contributed by atoms with Gasteiger partial charge < -0.3 is 0 Å². The van der Waals surface area contributed by atoms with E-state index >= 15 is 0 Å². The van der Waals surface area contributed by atoms with E-state index in [1.54, 1.807) is 8.58 Å². The van der Waals surface area contributed by atoms with E-state index in [1.807, 2.05) is 0 Å². The highest BCUT2D eigenvalue weighted by Crippen LogP contribution is 2.39. The van der Waals surface area contributed by atoms with Gasteiger partial charge in [-0.05, 0) is 31.1 Å². The highest BCUT2D eigenvalue weighted by Gasteiger charge is 2.20. The molecule has 71 valence electrons. The van der Waals surface area contributed by atoms with Gasteiger partial charge in [-0.15, -0.1) is 0 Å². The Morgan fingerprint density at radius 3 is 2.33 bits per heavy atom. The first-order chi connectivity index (χ1) is 5.93. The van der Waals surface area contributed by atoms with Gasteiger partial charge in [0.05, 0.1) is 0 Å². The molecule has 0 spiro atoms. The van der Waals surface area contributed by atoms with Gasteiger partial charge >= 0.3 is 0 Å². The summed E-state index contributed by atoms with van der Waals surface area (Å²) in [6, 6.07) is 0. The summed E-state index contributed by atoms with van der Waals surface area (Å²) in [7, 11) is 1.76. The van der Waals surface area contributed by atoms with Crippen molar-refractivity contribution in [3.8, 4) is 0 Å². The van der Waals surface area contributed by atoms with Crippen molar-refractivity contribution in [2.75, 3.05) is 6.16 Å². The van der Waals surface area contributed by atoms with Crippen LogP contribution in [-0.4, -0.2) is 11.8 Å². The van der Waals surface area contributed by atoms with Gasteiger partial charge in [-0.3, -0.25) is 0 Å². The first kappa shape index (κ1) is 10.5. The lowest BCUT2D eigenvalue weighted by atomic mass is 10.1. The van der Waals surface area contributed by atoms with Crippen molar-refractivity contribution in [1.82, 2.24) is 0 Å². The fourth-order valence-electron chi connectivity index (χ4n) is 1.42. The van der Waals surface area contributed by atoms with Crippen molar-refractivity contribution in [2.24, 2.45) is 0 Å². The maximum Gasteiger partial charge on any atom is -0.0170 e. The fourth-order valence-corrected chi connectivity index (χ4v) is 2.71. The monoisotopic (exact) mass is 185 g/mol. The van der Waals surface area contributed by atoms with E-state index in [0.29, 0.717) is 0 Å². The van der Waals surface area contributed by atoms with Crippen molar-refractivity contribution in [1.29, 1.82) is 0 Å². The van der Waals surface area contributed by atoms with Crippen molar-refractivity contribution in [2.45, 2.75) is 63.9 Å². The highest BCUT2D eigenvalue weighted by atomic mass is 31.1. The van der Waals surface area contributed by atoms with Crippen molar-refractivity contribution in [3.63, 3.8) is 0 Å². The van der Waals surface area contributed by atoms with Gasteiger partial charge in [-0.1, -0.05) is 47.6 Å². The van der Waals surface area contributed by atoms with E-state index in [9.17, 15) is 0 Å². The van der Waals surface area contributed by atoms with Gasteiger partial charge in [-0.2, -0.15) is 0 Å². The van der Waals surface area contributed by atoms with E-state index in [0.717, 1.165) is 5.66 Å². The van der Waals surface area contributed by atoms with E-state index in [4.69, 9.17) is 0 Å². The standard InChI is InChI=1S/C11H22P/c1-2-3-4-5-6-7-10-12-11-8-9-11/h11H,2-10H2,1H3. The molecule has 12 heavy (non-hydrogen) atoms. The molecule has 0 aromatic carbocycles. The molecular weight excluding hydrogens is 163 g/mol. The lowest BCUT2D eigenvalue weighted by molar-refractivity contribution is 0.626. The molecule has 0 nitrogen and oxygen atoms in total. The maximum absolute atomic E-state index is 2.28. The van der Waals surface area contributed by atoms with Crippen LogP contribution in [0.25, 0.3) is 0 Å². The zero-order valence-corrected chi connectivity index (χ0v) is 9.28. The van der Waals surface area contributed by atoms with E-state index in [-0.39, 0.29) is 0 Å². The second-order valence-corrected chi connectivity index (χ2v) is 5.45. The molecule has 0 aliphatic heterocycles. The van der Waals surface area contributed by atoms with Crippen LogP contribution in [0.4, 0.5) is 0 Å². The van der Waals surface area contributed by atoms with Crippen LogP contribution in [0.5, 0.6) is 0 Å². The minimum atomic E-state index is 1.13. The molecule has 0 bridgehead atoms. The smallest absolute Gasteiger partial charge is 0.0170 e. The Kier molecular flexibility index (Phi) is 6.04. The minimum Gasteiger partial charge on any atom is -0.0775 e. The summed E-state index contributed by atoms with van der Waals surface area (Å²) in [5.41, 5.74) is 1.13. The Morgan fingerprint density at radius 2 is 1.67 bits per heavy atom. The fraction of sp³-hybridized carbons (Fsp3) is 1.00. The lowest BCUT2D eigenvalue weighted by Crippen LogP contribution is -1.81. The molecule has 0 unspecified atom stereocenters. The molecule has 0 heterocycles. The molecule has 0 amide bonds. The van der Waals surface area contributed by atoms with E-state index < -0.39 is 0 Å². The van der Waals surface area contributed by atoms with Gasteiger partial charge in [0.2, 0.25) is 0 Å². The number of unbranched alkanes of at least 4 members (excludes halogenated alkanes) is 5. The van der Waals surface area contributed by atoms with Crippen molar-refractivity contribution in [3.05, 3.63) is 0 Å². The largest absolute Gasteiger partial charge is 0.0775 e. The van der Waals surface area contributed by atoms with Crippen LogP contribution < -0.4 is 0 Å². The zero-order valence-electron chi connectivity index (χ0n) is 8.39. The predicted octanol–water partition coefficient (Wildman–Crippen LogP) is 4.46. The summed E-state index contributed by atoms with van der Waals surface area (Å²) in [4.78, 5) is 0. The summed E-state index contributed by atoms with van der Waals surface area (Å²) in [5, 5.41) is 0. The summed E-state index contributed by atoms with van der Waals surface area (Å²) in [6.45, 7) is 2.28. The molecule has 0 aromatic heterocycles. The number of hydrogen-bond acceptors (Lipinski definition) is 0. The average molecular weight is 185 g/mol. The summed E-state index contributed by atoms with van der Waals surface area (Å²) >= 11 is 0. The van der Waals surface area contributed by atoms with Crippen molar-refractivity contribution < 1.29 is 0 Å². The van der Waals surface area contributed by atoms with Crippen LogP contribution in [0, 0.1) is 0 Å². The molecule has 0 atom stereocenters. The molecular formula is C11H22P. The first-order valence-corrected chi connectivity index (χ1v) is 6.75. The Morgan fingerprint density at radius 1 is 1.00 bits per heavy atom. The lowest BCUT2D eigenvalue weighted by Gasteiger charge is -1.99. The topological polar surface area (TPSA) is 0 Å². The molecule has 1 rings (SSSR count). The third-order valence-corrected chi connectivity index (χ3v) is 4.05. The van der Waals surface area contributed by atoms with E-state index in [2.05, 4.69) is 6.92 Å². The number of rotatable bonds is 8. The Balaban J connectivity index is 1.65. The SMILES string of the molecule is CCCCCCCC[P]C1CC1. The average Bonchev–Trinajstić information content (AvgIpc) is 2.87. The highest BCUT2D eigenvalue weighted by molar-refractivity contribution is 7.39. The molecule has 0 saturated heterocycles. The van der Waals surface area contributed by atoms with Gasteiger partial charge in [0.15, 0.2) is 0 Å². The molecule has 1 fully saturated rings. The van der Waals surface area contributed by atoms with Crippen LogP contribution in [0.15, 0.2) is 0 Å². The second-order valence-electron chi connectivity index (χ2n) is 3.91. The quantitative estimate of drug-likeness (QED) is 0.387. The van der Waals surface area contributed by atoms with E-state index in [1.165, 1.54) is 57.5 Å². The molecule has 0 N–H and O–H groups in total. The van der Waals surface area contributed by atoms with Crippen LogP contribution >= 0.6 is 8.58 Å². The Bertz CT molecular complexity index is 97.2. The van der Waals surface area contributed by atoms with Crippen molar-refractivity contribution >= 4 is 8.58 Å². The number of hydrogen-bond donors (Lipinski definition) is 0. The third-order valence-electron chi connectivity index (χ3n) is 2.45. The first-order valence-electron chi connectivity index (χ1n) is 5.60. The maximum atomic E-state index is 2.28. The molecule has 1 saturated carbocycles. The third kappa shape index (κ3) is 6.00. The van der Waals surface area contributed by atoms with Gasteiger partial charge in [-0.25, -0.2) is 0 Å². The van der Waals surface area contributed by atoms with Crippen LogP contribution in [0.1, 0.15) is 58.3 Å².